The molecule has 0 saturated heterocycles. The first-order chi connectivity index (χ1) is 9.72. The van der Waals surface area contributed by atoms with Crippen LogP contribution in [0.3, 0.4) is 0 Å². The Morgan fingerprint density at radius 3 is 3.05 bits per heavy atom. The van der Waals surface area contributed by atoms with Crippen LogP contribution in [-0.4, -0.2) is 5.75 Å². The summed E-state index contributed by atoms with van der Waals surface area (Å²) in [5.41, 5.74) is 2.56. The molecule has 0 aromatic carbocycles. The molecule has 2 saturated carbocycles. The van der Waals surface area contributed by atoms with Crippen molar-refractivity contribution in [1.82, 2.24) is 0 Å². The molecule has 0 N–H and O–H groups in total. The quantitative estimate of drug-likeness (QED) is 0.476. The fourth-order valence-electron chi connectivity index (χ4n) is 5.45. The van der Waals surface area contributed by atoms with Gasteiger partial charge < -0.3 is 0 Å². The second-order valence-corrected chi connectivity index (χ2v) is 8.41. The molecule has 4 atom stereocenters. The lowest BCUT2D eigenvalue weighted by atomic mass is 9.69. The van der Waals surface area contributed by atoms with Gasteiger partial charge in [-0.25, -0.2) is 0 Å². The fourth-order valence-corrected chi connectivity index (χ4v) is 5.60. The number of rotatable bonds is 3. The second kappa shape index (κ2) is 6.46. The highest BCUT2D eigenvalue weighted by Gasteiger charge is 2.42. The lowest BCUT2D eigenvalue weighted by molar-refractivity contribution is 0.201. The van der Waals surface area contributed by atoms with Crippen molar-refractivity contribution in [3.8, 4) is 0 Å². The lowest BCUT2D eigenvalue weighted by Crippen LogP contribution is -2.24. The average molecular weight is 293 g/mol. The molecule has 0 aromatic heterocycles. The number of hydrogen-bond donors (Lipinski definition) is 1. The van der Waals surface area contributed by atoms with E-state index in [0.29, 0.717) is 5.41 Å². The second-order valence-electron chi connectivity index (χ2n) is 7.97. The maximum atomic E-state index is 4.45. The van der Waals surface area contributed by atoms with Gasteiger partial charge in [0, 0.05) is 0 Å². The lowest BCUT2D eigenvalue weighted by Gasteiger charge is -2.36. The molecule has 0 nitrogen and oxygen atoms in total. The van der Waals surface area contributed by atoms with E-state index in [2.05, 4.69) is 25.6 Å². The third-order valence-electron chi connectivity index (χ3n) is 6.63. The van der Waals surface area contributed by atoms with Crippen molar-refractivity contribution < 1.29 is 0 Å². The number of allylic oxidation sites excluding steroid dienone is 2. The molecular weight excluding hydrogens is 260 g/mol. The predicted molar refractivity (Wildman–Crippen MR) is 91.3 cm³/mol. The van der Waals surface area contributed by atoms with Gasteiger partial charge in [-0.05, 0) is 99.6 Å². The molecule has 1 heteroatoms. The minimum absolute atomic E-state index is 0.703. The Labute approximate surface area is 131 Å². The van der Waals surface area contributed by atoms with Gasteiger partial charge in [-0.2, -0.15) is 12.6 Å². The largest absolute Gasteiger partial charge is 0.179 e. The van der Waals surface area contributed by atoms with E-state index in [4.69, 9.17) is 0 Å². The van der Waals surface area contributed by atoms with Crippen molar-refractivity contribution in [2.24, 2.45) is 23.2 Å². The Hall–Kier alpha value is 0.0900. The van der Waals surface area contributed by atoms with Crippen molar-refractivity contribution in [3.63, 3.8) is 0 Å². The monoisotopic (exact) mass is 292 g/mol. The van der Waals surface area contributed by atoms with Gasteiger partial charge in [0.25, 0.3) is 0 Å². The maximum absolute atomic E-state index is 4.45. The Balaban J connectivity index is 1.76. The average Bonchev–Trinajstić information content (AvgIpc) is 2.78. The highest BCUT2D eigenvalue weighted by molar-refractivity contribution is 7.80. The summed E-state index contributed by atoms with van der Waals surface area (Å²) in [4.78, 5) is 0. The van der Waals surface area contributed by atoms with Crippen molar-refractivity contribution in [2.75, 3.05) is 5.75 Å². The van der Waals surface area contributed by atoms with Gasteiger partial charge in [0.1, 0.15) is 0 Å². The molecule has 20 heavy (non-hydrogen) atoms. The van der Waals surface area contributed by atoms with Crippen LogP contribution in [0.1, 0.15) is 77.6 Å². The van der Waals surface area contributed by atoms with Crippen LogP contribution >= 0.6 is 12.6 Å². The smallest absolute Gasteiger partial charge is 0.00977 e. The minimum atomic E-state index is 0.703. The Kier molecular flexibility index (Phi) is 4.85. The minimum Gasteiger partial charge on any atom is -0.179 e. The molecule has 2 fully saturated rings. The standard InChI is InChI=1S/C19H32S/c1-15-5-2-3-6-17-8-11-19(9-4-12-20)10-7-16(14-19)13-18(15)17/h6,15-16,18,20H,2-5,7-14H2,1H3/t15-,16?,18?,19?/m1/s1. The molecule has 3 aliphatic rings. The van der Waals surface area contributed by atoms with Crippen LogP contribution in [0.4, 0.5) is 0 Å². The van der Waals surface area contributed by atoms with E-state index >= 15 is 0 Å². The zero-order chi connectivity index (χ0) is 14.0. The van der Waals surface area contributed by atoms with Gasteiger partial charge in [-0.3, -0.25) is 0 Å². The summed E-state index contributed by atoms with van der Waals surface area (Å²) in [6.45, 7) is 2.52. The predicted octanol–water partition coefficient (Wildman–Crippen LogP) is 6.03. The molecule has 3 unspecified atom stereocenters. The molecule has 3 rings (SSSR count). The summed E-state index contributed by atoms with van der Waals surface area (Å²) < 4.78 is 0. The third kappa shape index (κ3) is 3.13. The fraction of sp³-hybridized carbons (Fsp3) is 0.895. The third-order valence-corrected chi connectivity index (χ3v) is 6.95. The molecule has 3 aliphatic carbocycles. The van der Waals surface area contributed by atoms with Crippen LogP contribution in [0.15, 0.2) is 11.6 Å². The molecule has 0 aliphatic heterocycles. The highest BCUT2D eigenvalue weighted by Crippen LogP contribution is 2.54. The zero-order valence-corrected chi connectivity index (χ0v) is 14.1. The van der Waals surface area contributed by atoms with Crippen LogP contribution in [0.2, 0.25) is 0 Å². The Morgan fingerprint density at radius 1 is 1.30 bits per heavy atom. The van der Waals surface area contributed by atoms with Crippen LogP contribution in [-0.2, 0) is 0 Å². The number of thiol groups is 1. The highest BCUT2D eigenvalue weighted by atomic mass is 32.1. The maximum Gasteiger partial charge on any atom is -0.00977 e. The topological polar surface area (TPSA) is 0 Å². The molecule has 0 radical (unpaired) electrons. The van der Waals surface area contributed by atoms with Crippen molar-refractivity contribution in [3.05, 3.63) is 11.6 Å². The van der Waals surface area contributed by atoms with E-state index in [0.717, 1.165) is 23.5 Å². The molecule has 114 valence electrons. The van der Waals surface area contributed by atoms with Gasteiger partial charge >= 0.3 is 0 Å². The van der Waals surface area contributed by atoms with E-state index in [1.54, 1.807) is 0 Å². The summed E-state index contributed by atoms with van der Waals surface area (Å²) in [6, 6.07) is 0. The van der Waals surface area contributed by atoms with Crippen molar-refractivity contribution in [2.45, 2.75) is 77.6 Å². The van der Waals surface area contributed by atoms with Gasteiger partial charge in [-0.1, -0.05) is 18.6 Å². The first kappa shape index (κ1) is 15.0. The summed E-state index contributed by atoms with van der Waals surface area (Å²) in [5, 5.41) is 0. The van der Waals surface area contributed by atoms with Gasteiger partial charge in [0.05, 0.1) is 0 Å². The van der Waals surface area contributed by atoms with Gasteiger partial charge in [0.2, 0.25) is 0 Å². The normalized spacial score (nSPS) is 41.3. The van der Waals surface area contributed by atoms with Crippen molar-refractivity contribution >= 4 is 12.6 Å². The van der Waals surface area contributed by atoms with Gasteiger partial charge in [-0.15, -0.1) is 0 Å². The number of hydrogen-bond acceptors (Lipinski definition) is 1. The first-order valence-corrected chi connectivity index (χ1v) is 9.65. The number of fused-ring (bicyclic) bond motifs is 3. The van der Waals surface area contributed by atoms with Gasteiger partial charge in [0.15, 0.2) is 0 Å². The van der Waals surface area contributed by atoms with E-state index in [-0.39, 0.29) is 0 Å². The Morgan fingerprint density at radius 2 is 2.20 bits per heavy atom. The van der Waals surface area contributed by atoms with Crippen LogP contribution in [0.5, 0.6) is 0 Å². The molecular formula is C19H32S. The summed E-state index contributed by atoms with van der Waals surface area (Å²) >= 11 is 4.45. The van der Waals surface area contributed by atoms with Crippen LogP contribution in [0.25, 0.3) is 0 Å². The zero-order valence-electron chi connectivity index (χ0n) is 13.2. The Bertz CT molecular complexity index is 359. The molecule has 0 spiro atoms. The summed E-state index contributed by atoms with van der Waals surface area (Å²) in [5.74, 6) is 3.98. The SMILES string of the molecule is C[C@@H]1CCCC=C2CCC3(CCCS)CCC(CC21)C3. The van der Waals surface area contributed by atoms with Crippen LogP contribution in [0, 0.1) is 23.2 Å². The summed E-state index contributed by atoms with van der Waals surface area (Å²) in [6.07, 6.45) is 18.6. The molecule has 2 bridgehead atoms. The van der Waals surface area contributed by atoms with E-state index in [1.165, 1.54) is 70.6 Å². The molecule has 0 heterocycles. The van der Waals surface area contributed by atoms with E-state index < -0.39 is 0 Å². The first-order valence-electron chi connectivity index (χ1n) is 9.02. The molecule has 0 amide bonds. The molecule has 0 aromatic rings. The van der Waals surface area contributed by atoms with Crippen molar-refractivity contribution in [1.29, 1.82) is 0 Å². The van der Waals surface area contributed by atoms with Crippen LogP contribution < -0.4 is 0 Å². The van der Waals surface area contributed by atoms with E-state index in [1.807, 2.05) is 5.57 Å². The van der Waals surface area contributed by atoms with E-state index in [9.17, 15) is 0 Å². The summed E-state index contributed by atoms with van der Waals surface area (Å²) in [7, 11) is 0.